The zero-order valence-corrected chi connectivity index (χ0v) is 8.78. The van der Waals surface area contributed by atoms with Gasteiger partial charge in [-0.2, -0.15) is 0 Å². The molecule has 3 rings (SSSR count). The highest BCUT2D eigenvalue weighted by Gasteiger charge is 2.18. The van der Waals surface area contributed by atoms with Crippen LogP contribution in [0, 0.1) is 6.92 Å². The van der Waals surface area contributed by atoms with Gasteiger partial charge in [-0.05, 0) is 11.6 Å². The van der Waals surface area contributed by atoms with Crippen LogP contribution < -0.4 is 5.32 Å². The van der Waals surface area contributed by atoms with Gasteiger partial charge in [-0.1, -0.05) is 12.1 Å². The number of oxazole rings is 1. The molecule has 80 valence electrons. The second-order valence-corrected chi connectivity index (χ2v) is 3.84. The number of fused-ring (bicyclic) bond motifs is 1. The molecule has 0 saturated carbocycles. The maximum atomic E-state index is 11.2. The van der Waals surface area contributed by atoms with Crippen LogP contribution in [0.3, 0.4) is 0 Å². The summed E-state index contributed by atoms with van der Waals surface area (Å²) in [7, 11) is 0. The molecule has 1 N–H and O–H groups in total. The van der Waals surface area contributed by atoms with Gasteiger partial charge in [-0.15, -0.1) is 0 Å². The van der Waals surface area contributed by atoms with E-state index in [0.717, 1.165) is 22.6 Å². The number of aromatic nitrogens is 1. The Morgan fingerprint density at radius 2 is 2.31 bits per heavy atom. The van der Waals surface area contributed by atoms with Crippen molar-refractivity contribution in [3.8, 4) is 11.3 Å². The number of rotatable bonds is 1. The summed E-state index contributed by atoms with van der Waals surface area (Å²) in [4.78, 5) is 15.3. The first kappa shape index (κ1) is 9.15. The quantitative estimate of drug-likeness (QED) is 0.791. The zero-order chi connectivity index (χ0) is 11.1. The van der Waals surface area contributed by atoms with E-state index in [-0.39, 0.29) is 5.91 Å². The molecule has 0 atom stereocenters. The highest BCUT2D eigenvalue weighted by atomic mass is 16.4. The van der Waals surface area contributed by atoms with Gasteiger partial charge in [0.2, 0.25) is 5.91 Å². The lowest BCUT2D eigenvalue weighted by Gasteiger charge is -2.00. The van der Waals surface area contributed by atoms with Crippen LogP contribution in [0.5, 0.6) is 0 Å². The Bertz CT molecular complexity index is 572. The Hall–Kier alpha value is -2.10. The average molecular weight is 214 g/mol. The third kappa shape index (κ3) is 1.39. The van der Waals surface area contributed by atoms with Crippen LogP contribution in [0.15, 0.2) is 28.8 Å². The number of aryl methyl sites for hydroxylation is 1. The van der Waals surface area contributed by atoms with E-state index >= 15 is 0 Å². The number of anilines is 1. The standard InChI is InChI=1S/C12H10N2O2/c1-7-13-6-11(16-7)9-3-2-8-5-12(15)14-10(8)4-9/h2-4,6H,5H2,1H3,(H,14,15). The van der Waals surface area contributed by atoms with Gasteiger partial charge in [0.1, 0.15) is 0 Å². The summed E-state index contributed by atoms with van der Waals surface area (Å²) >= 11 is 0. The summed E-state index contributed by atoms with van der Waals surface area (Å²) < 4.78 is 5.43. The fourth-order valence-electron chi connectivity index (χ4n) is 1.86. The molecule has 0 spiro atoms. The summed E-state index contributed by atoms with van der Waals surface area (Å²) in [6.45, 7) is 1.80. The Labute approximate surface area is 92.3 Å². The SMILES string of the molecule is Cc1ncc(-c2ccc3c(c2)NC(=O)C3)o1. The first-order valence-electron chi connectivity index (χ1n) is 5.08. The summed E-state index contributed by atoms with van der Waals surface area (Å²) in [5.74, 6) is 1.40. The number of amides is 1. The summed E-state index contributed by atoms with van der Waals surface area (Å²) in [5.41, 5.74) is 2.84. The molecular formula is C12H10N2O2. The third-order valence-corrected chi connectivity index (χ3v) is 2.64. The molecule has 2 heterocycles. The van der Waals surface area contributed by atoms with E-state index in [0.29, 0.717) is 12.3 Å². The largest absolute Gasteiger partial charge is 0.441 e. The first-order chi connectivity index (χ1) is 7.72. The number of hydrogen-bond donors (Lipinski definition) is 1. The zero-order valence-electron chi connectivity index (χ0n) is 8.78. The molecule has 4 heteroatoms. The molecule has 0 fully saturated rings. The van der Waals surface area contributed by atoms with Crippen molar-refractivity contribution in [2.75, 3.05) is 5.32 Å². The van der Waals surface area contributed by atoms with Gasteiger partial charge in [0.05, 0.1) is 12.6 Å². The van der Waals surface area contributed by atoms with Crippen molar-refractivity contribution in [2.24, 2.45) is 0 Å². The van der Waals surface area contributed by atoms with Crippen molar-refractivity contribution in [2.45, 2.75) is 13.3 Å². The molecule has 1 amide bonds. The Kier molecular flexibility index (Phi) is 1.83. The Morgan fingerprint density at radius 3 is 3.06 bits per heavy atom. The van der Waals surface area contributed by atoms with Crippen molar-refractivity contribution >= 4 is 11.6 Å². The minimum Gasteiger partial charge on any atom is -0.441 e. The van der Waals surface area contributed by atoms with Crippen LogP contribution in [0.2, 0.25) is 0 Å². The Morgan fingerprint density at radius 1 is 1.44 bits per heavy atom. The number of benzene rings is 1. The predicted molar refractivity (Wildman–Crippen MR) is 59.0 cm³/mol. The number of hydrogen-bond acceptors (Lipinski definition) is 3. The predicted octanol–water partition coefficient (Wildman–Crippen LogP) is 2.14. The van der Waals surface area contributed by atoms with Crippen molar-refractivity contribution < 1.29 is 9.21 Å². The topological polar surface area (TPSA) is 55.1 Å². The second kappa shape index (κ2) is 3.20. The molecule has 1 aromatic heterocycles. The van der Waals surface area contributed by atoms with E-state index in [1.54, 1.807) is 13.1 Å². The molecule has 1 aromatic carbocycles. The van der Waals surface area contributed by atoms with Crippen LogP contribution in [0.4, 0.5) is 5.69 Å². The van der Waals surface area contributed by atoms with E-state index in [1.165, 1.54) is 0 Å². The van der Waals surface area contributed by atoms with Gasteiger partial charge in [0.15, 0.2) is 11.7 Å². The molecule has 16 heavy (non-hydrogen) atoms. The smallest absolute Gasteiger partial charge is 0.228 e. The van der Waals surface area contributed by atoms with E-state index in [1.807, 2.05) is 18.2 Å². The molecule has 0 radical (unpaired) electrons. The molecule has 1 aliphatic rings. The summed E-state index contributed by atoms with van der Waals surface area (Å²) in [6.07, 6.45) is 2.15. The fourth-order valence-corrected chi connectivity index (χ4v) is 1.86. The highest BCUT2D eigenvalue weighted by Crippen LogP contribution is 2.29. The lowest BCUT2D eigenvalue weighted by Crippen LogP contribution is -2.03. The second-order valence-electron chi connectivity index (χ2n) is 3.84. The monoisotopic (exact) mass is 214 g/mol. The van der Waals surface area contributed by atoms with Gasteiger partial charge in [-0.25, -0.2) is 4.98 Å². The van der Waals surface area contributed by atoms with Crippen molar-refractivity contribution in [1.29, 1.82) is 0 Å². The van der Waals surface area contributed by atoms with Crippen LogP contribution in [0.1, 0.15) is 11.5 Å². The minimum absolute atomic E-state index is 0.0425. The lowest BCUT2D eigenvalue weighted by atomic mass is 10.1. The Balaban J connectivity index is 2.05. The minimum atomic E-state index is 0.0425. The average Bonchev–Trinajstić information content (AvgIpc) is 2.81. The van der Waals surface area contributed by atoms with Crippen LogP contribution in [-0.4, -0.2) is 10.9 Å². The fraction of sp³-hybridized carbons (Fsp3) is 0.167. The van der Waals surface area contributed by atoms with E-state index in [9.17, 15) is 4.79 Å². The van der Waals surface area contributed by atoms with Gasteiger partial charge in [0.25, 0.3) is 0 Å². The maximum absolute atomic E-state index is 11.2. The molecule has 4 nitrogen and oxygen atoms in total. The number of nitrogens with zero attached hydrogens (tertiary/aromatic N) is 1. The third-order valence-electron chi connectivity index (χ3n) is 2.64. The van der Waals surface area contributed by atoms with Crippen LogP contribution in [-0.2, 0) is 11.2 Å². The molecule has 0 unspecified atom stereocenters. The summed E-state index contributed by atoms with van der Waals surface area (Å²) in [5, 5.41) is 2.81. The molecule has 0 aliphatic carbocycles. The number of nitrogens with one attached hydrogen (secondary N) is 1. The number of carbonyl (C=O) groups is 1. The number of carbonyl (C=O) groups excluding carboxylic acids is 1. The van der Waals surface area contributed by atoms with Gasteiger partial charge < -0.3 is 9.73 Å². The molecular weight excluding hydrogens is 204 g/mol. The van der Waals surface area contributed by atoms with Crippen molar-refractivity contribution in [1.82, 2.24) is 4.98 Å². The van der Waals surface area contributed by atoms with Crippen LogP contribution >= 0.6 is 0 Å². The van der Waals surface area contributed by atoms with Gasteiger partial charge in [-0.3, -0.25) is 4.79 Å². The van der Waals surface area contributed by atoms with E-state index < -0.39 is 0 Å². The highest BCUT2D eigenvalue weighted by molar-refractivity contribution is 5.99. The molecule has 2 aromatic rings. The van der Waals surface area contributed by atoms with Gasteiger partial charge >= 0.3 is 0 Å². The lowest BCUT2D eigenvalue weighted by molar-refractivity contribution is -0.115. The van der Waals surface area contributed by atoms with Crippen molar-refractivity contribution in [3.05, 3.63) is 35.9 Å². The first-order valence-corrected chi connectivity index (χ1v) is 5.08. The molecule has 0 saturated heterocycles. The maximum Gasteiger partial charge on any atom is 0.228 e. The van der Waals surface area contributed by atoms with Gasteiger partial charge in [0, 0.05) is 18.2 Å². The molecule has 1 aliphatic heterocycles. The van der Waals surface area contributed by atoms with Crippen molar-refractivity contribution in [3.63, 3.8) is 0 Å². The van der Waals surface area contributed by atoms with E-state index in [2.05, 4.69) is 10.3 Å². The van der Waals surface area contributed by atoms with E-state index in [4.69, 9.17) is 4.42 Å². The normalized spacial score (nSPS) is 13.7. The molecule has 0 bridgehead atoms. The van der Waals surface area contributed by atoms with Crippen LogP contribution in [0.25, 0.3) is 11.3 Å². The summed E-state index contributed by atoms with van der Waals surface area (Å²) in [6, 6.07) is 5.81.